The summed E-state index contributed by atoms with van der Waals surface area (Å²) in [5.41, 5.74) is 3.50. The van der Waals surface area contributed by atoms with Crippen molar-refractivity contribution in [3.8, 4) is 11.5 Å². The molecule has 1 aliphatic heterocycles. The number of benzene rings is 2. The molecule has 0 unspecified atom stereocenters. The molecular formula is C18H19NO2S. The Hall–Kier alpha value is -1.94. The third-order valence-corrected chi connectivity index (χ3v) is 4.54. The van der Waals surface area contributed by atoms with E-state index in [0.717, 1.165) is 40.0 Å². The minimum Gasteiger partial charge on any atom is -0.493 e. The summed E-state index contributed by atoms with van der Waals surface area (Å²) in [7, 11) is 1.67. The Morgan fingerprint density at radius 2 is 1.91 bits per heavy atom. The molecule has 0 N–H and O–H groups in total. The Balaban J connectivity index is 1.74. The molecule has 22 heavy (non-hydrogen) atoms. The SMILES string of the molecule is COc1cc(C2=NCCS2)ccc1OCc1ccc(C)cc1. The first-order chi connectivity index (χ1) is 10.8. The van der Waals surface area contributed by atoms with Crippen molar-refractivity contribution in [2.45, 2.75) is 13.5 Å². The first-order valence-corrected chi connectivity index (χ1v) is 8.29. The molecule has 3 rings (SSSR count). The Kier molecular flexibility index (Phi) is 4.68. The second-order valence-corrected chi connectivity index (χ2v) is 6.26. The van der Waals surface area contributed by atoms with Crippen molar-refractivity contribution in [3.63, 3.8) is 0 Å². The van der Waals surface area contributed by atoms with Crippen LogP contribution in [0.3, 0.4) is 0 Å². The quantitative estimate of drug-likeness (QED) is 0.833. The lowest BCUT2D eigenvalue weighted by Gasteiger charge is -2.12. The minimum atomic E-state index is 0.533. The van der Waals surface area contributed by atoms with E-state index in [9.17, 15) is 0 Å². The summed E-state index contributed by atoms with van der Waals surface area (Å²) in [5.74, 6) is 2.57. The number of methoxy groups -OCH3 is 1. The number of aliphatic imine (C=N–C) groups is 1. The van der Waals surface area contributed by atoms with E-state index in [2.05, 4.69) is 36.2 Å². The zero-order valence-corrected chi connectivity index (χ0v) is 13.7. The zero-order chi connectivity index (χ0) is 15.4. The van der Waals surface area contributed by atoms with Crippen molar-refractivity contribution >= 4 is 16.8 Å². The number of hydrogen-bond donors (Lipinski definition) is 0. The van der Waals surface area contributed by atoms with E-state index in [1.807, 2.05) is 18.2 Å². The van der Waals surface area contributed by atoms with Crippen molar-refractivity contribution in [2.75, 3.05) is 19.4 Å². The van der Waals surface area contributed by atoms with Gasteiger partial charge in [0.05, 0.1) is 12.2 Å². The molecule has 0 spiro atoms. The fourth-order valence-corrected chi connectivity index (χ4v) is 3.13. The van der Waals surface area contributed by atoms with Crippen LogP contribution in [0.15, 0.2) is 47.5 Å². The Bertz CT molecular complexity index is 680. The average Bonchev–Trinajstić information content (AvgIpc) is 3.08. The van der Waals surface area contributed by atoms with E-state index in [1.54, 1.807) is 18.9 Å². The molecule has 2 aromatic rings. The number of rotatable bonds is 5. The highest BCUT2D eigenvalue weighted by Gasteiger charge is 2.13. The molecule has 4 heteroatoms. The van der Waals surface area contributed by atoms with Crippen LogP contribution in [0.25, 0.3) is 0 Å². The molecule has 0 saturated heterocycles. The summed E-state index contributed by atoms with van der Waals surface area (Å²) >= 11 is 1.79. The maximum atomic E-state index is 5.90. The lowest BCUT2D eigenvalue weighted by molar-refractivity contribution is 0.284. The van der Waals surface area contributed by atoms with Crippen LogP contribution >= 0.6 is 11.8 Å². The van der Waals surface area contributed by atoms with E-state index < -0.39 is 0 Å². The van der Waals surface area contributed by atoms with Gasteiger partial charge >= 0.3 is 0 Å². The summed E-state index contributed by atoms with van der Waals surface area (Å²) in [4.78, 5) is 4.50. The van der Waals surface area contributed by atoms with Gasteiger partial charge in [0.15, 0.2) is 11.5 Å². The zero-order valence-electron chi connectivity index (χ0n) is 12.8. The Labute approximate surface area is 135 Å². The predicted molar refractivity (Wildman–Crippen MR) is 92.4 cm³/mol. The van der Waals surface area contributed by atoms with Crippen LogP contribution < -0.4 is 9.47 Å². The van der Waals surface area contributed by atoms with Gasteiger partial charge in [0.2, 0.25) is 0 Å². The summed E-state index contributed by atoms with van der Waals surface area (Å²) in [6.07, 6.45) is 0. The number of thioether (sulfide) groups is 1. The Morgan fingerprint density at radius 1 is 1.09 bits per heavy atom. The van der Waals surface area contributed by atoms with Crippen LogP contribution in [0.4, 0.5) is 0 Å². The molecule has 2 aromatic carbocycles. The van der Waals surface area contributed by atoms with Crippen molar-refractivity contribution in [1.82, 2.24) is 0 Å². The molecule has 0 aromatic heterocycles. The first-order valence-electron chi connectivity index (χ1n) is 7.30. The van der Waals surface area contributed by atoms with Gasteiger partial charge in [0, 0.05) is 17.9 Å². The van der Waals surface area contributed by atoms with Crippen LogP contribution in [-0.2, 0) is 6.61 Å². The van der Waals surface area contributed by atoms with Gasteiger partial charge in [-0.25, -0.2) is 0 Å². The van der Waals surface area contributed by atoms with Crippen LogP contribution in [0.2, 0.25) is 0 Å². The van der Waals surface area contributed by atoms with E-state index in [-0.39, 0.29) is 0 Å². The van der Waals surface area contributed by atoms with Crippen LogP contribution in [0.1, 0.15) is 16.7 Å². The third kappa shape index (κ3) is 3.45. The van der Waals surface area contributed by atoms with Gasteiger partial charge < -0.3 is 9.47 Å². The van der Waals surface area contributed by atoms with Crippen molar-refractivity contribution in [2.24, 2.45) is 4.99 Å². The van der Waals surface area contributed by atoms with E-state index in [0.29, 0.717) is 6.61 Å². The van der Waals surface area contributed by atoms with Gasteiger partial charge in [-0.1, -0.05) is 29.8 Å². The molecule has 0 aliphatic carbocycles. The summed E-state index contributed by atoms with van der Waals surface area (Å²) in [6, 6.07) is 14.4. The molecule has 1 aliphatic rings. The normalized spacial score (nSPS) is 13.8. The molecule has 0 fully saturated rings. The number of ether oxygens (including phenoxy) is 2. The van der Waals surface area contributed by atoms with E-state index >= 15 is 0 Å². The van der Waals surface area contributed by atoms with Gasteiger partial charge in [-0.15, -0.1) is 11.8 Å². The van der Waals surface area contributed by atoms with Crippen molar-refractivity contribution in [3.05, 3.63) is 59.2 Å². The molecule has 1 heterocycles. The first kappa shape index (κ1) is 15.0. The third-order valence-electron chi connectivity index (χ3n) is 3.51. The maximum Gasteiger partial charge on any atom is 0.161 e. The fraction of sp³-hybridized carbons (Fsp3) is 0.278. The molecule has 0 bridgehead atoms. The van der Waals surface area contributed by atoms with Crippen LogP contribution in [0.5, 0.6) is 11.5 Å². The molecule has 0 saturated carbocycles. The molecule has 0 atom stereocenters. The highest BCUT2D eigenvalue weighted by Crippen LogP contribution is 2.31. The van der Waals surface area contributed by atoms with Crippen LogP contribution in [0, 0.1) is 6.92 Å². The van der Waals surface area contributed by atoms with Crippen molar-refractivity contribution < 1.29 is 9.47 Å². The standard InChI is InChI=1S/C18H19NO2S/c1-13-3-5-14(6-4-13)12-21-16-8-7-15(11-17(16)20-2)18-19-9-10-22-18/h3-8,11H,9-10,12H2,1-2H3. The lowest BCUT2D eigenvalue weighted by Crippen LogP contribution is -2.00. The highest BCUT2D eigenvalue weighted by molar-refractivity contribution is 8.14. The van der Waals surface area contributed by atoms with Gasteiger partial charge in [-0.3, -0.25) is 4.99 Å². The van der Waals surface area contributed by atoms with Crippen molar-refractivity contribution in [1.29, 1.82) is 0 Å². The number of hydrogen-bond acceptors (Lipinski definition) is 4. The summed E-state index contributed by atoms with van der Waals surface area (Å²) in [5, 5.41) is 1.09. The summed E-state index contributed by atoms with van der Waals surface area (Å²) < 4.78 is 11.4. The summed E-state index contributed by atoms with van der Waals surface area (Å²) in [6.45, 7) is 3.51. The van der Waals surface area contributed by atoms with Gasteiger partial charge in [-0.2, -0.15) is 0 Å². The molecule has 3 nitrogen and oxygen atoms in total. The lowest BCUT2D eigenvalue weighted by atomic mass is 10.1. The largest absolute Gasteiger partial charge is 0.493 e. The van der Waals surface area contributed by atoms with Gasteiger partial charge in [-0.05, 0) is 30.7 Å². The fourth-order valence-electron chi connectivity index (χ4n) is 2.28. The second kappa shape index (κ2) is 6.88. The monoisotopic (exact) mass is 313 g/mol. The molecule has 0 radical (unpaired) electrons. The van der Waals surface area contributed by atoms with Crippen LogP contribution in [-0.4, -0.2) is 24.5 Å². The van der Waals surface area contributed by atoms with E-state index in [4.69, 9.17) is 9.47 Å². The predicted octanol–water partition coefficient (Wildman–Crippen LogP) is 4.08. The smallest absolute Gasteiger partial charge is 0.161 e. The topological polar surface area (TPSA) is 30.8 Å². The van der Waals surface area contributed by atoms with E-state index in [1.165, 1.54) is 5.56 Å². The highest BCUT2D eigenvalue weighted by atomic mass is 32.2. The molecule has 0 amide bonds. The number of nitrogens with zero attached hydrogens (tertiary/aromatic N) is 1. The average molecular weight is 313 g/mol. The van der Waals surface area contributed by atoms with Gasteiger partial charge in [0.25, 0.3) is 0 Å². The molecular weight excluding hydrogens is 294 g/mol. The minimum absolute atomic E-state index is 0.533. The Morgan fingerprint density at radius 3 is 2.59 bits per heavy atom. The van der Waals surface area contributed by atoms with Gasteiger partial charge in [0.1, 0.15) is 6.61 Å². The second-order valence-electron chi connectivity index (χ2n) is 5.18. The number of aryl methyl sites for hydroxylation is 1. The molecule has 114 valence electrons. The maximum absolute atomic E-state index is 5.90.